The zero-order chi connectivity index (χ0) is 16.9. The van der Waals surface area contributed by atoms with Crippen LogP contribution in [0, 0.1) is 23.2 Å². The fraction of sp³-hybridized carbons (Fsp3) is 0.944. The van der Waals surface area contributed by atoms with E-state index >= 15 is 0 Å². The summed E-state index contributed by atoms with van der Waals surface area (Å²) in [6, 6.07) is 0. The maximum absolute atomic E-state index is 11.7. The second-order valence-corrected chi connectivity index (χ2v) is 8.20. The lowest BCUT2D eigenvalue weighted by molar-refractivity contribution is -0.158. The van der Waals surface area contributed by atoms with Crippen LogP contribution in [0.1, 0.15) is 60.8 Å². The van der Waals surface area contributed by atoms with Crippen molar-refractivity contribution in [3.05, 3.63) is 0 Å². The van der Waals surface area contributed by atoms with E-state index in [-0.39, 0.29) is 25.3 Å². The van der Waals surface area contributed by atoms with Crippen LogP contribution in [0.4, 0.5) is 0 Å². The summed E-state index contributed by atoms with van der Waals surface area (Å²) in [5.74, 6) is 1.53. The molecule has 130 valence electrons. The molecule has 0 aliphatic heterocycles. The van der Waals surface area contributed by atoms with Gasteiger partial charge in [0, 0.05) is 0 Å². The Kier molecular flexibility index (Phi) is 7.33. The van der Waals surface area contributed by atoms with Crippen LogP contribution in [0.2, 0.25) is 0 Å². The molecule has 1 aliphatic rings. The molecule has 4 heteroatoms. The molecule has 0 amide bonds. The van der Waals surface area contributed by atoms with E-state index < -0.39 is 11.5 Å². The third-order valence-corrected chi connectivity index (χ3v) is 4.48. The zero-order valence-corrected chi connectivity index (χ0v) is 15.1. The Morgan fingerprint density at radius 2 is 1.86 bits per heavy atom. The molecule has 1 fully saturated rings. The molecule has 0 saturated heterocycles. The number of carbonyl (C=O) groups excluding carboxylic acids is 1. The van der Waals surface area contributed by atoms with Gasteiger partial charge in [-0.3, -0.25) is 4.79 Å². The van der Waals surface area contributed by atoms with Gasteiger partial charge in [-0.2, -0.15) is 0 Å². The summed E-state index contributed by atoms with van der Waals surface area (Å²) in [4.78, 5) is 11.7. The molecule has 22 heavy (non-hydrogen) atoms. The summed E-state index contributed by atoms with van der Waals surface area (Å²) in [5, 5.41) is 9.98. The highest BCUT2D eigenvalue weighted by atomic mass is 16.6. The largest absolute Gasteiger partial charge is 0.462 e. The van der Waals surface area contributed by atoms with Crippen LogP contribution >= 0.6 is 0 Å². The SMILES string of the molecule is CC1CCC(C(C)C)C(OCC(O)COC(=O)C(C)(C)C)C1. The van der Waals surface area contributed by atoms with Crippen LogP contribution in [0.5, 0.6) is 0 Å². The van der Waals surface area contributed by atoms with Crippen molar-refractivity contribution >= 4 is 5.97 Å². The molecule has 0 radical (unpaired) electrons. The topological polar surface area (TPSA) is 55.8 Å². The first-order chi connectivity index (χ1) is 10.1. The zero-order valence-electron chi connectivity index (χ0n) is 15.1. The third kappa shape index (κ3) is 6.25. The minimum Gasteiger partial charge on any atom is -0.462 e. The van der Waals surface area contributed by atoms with Gasteiger partial charge in [-0.05, 0) is 51.4 Å². The van der Waals surface area contributed by atoms with Crippen molar-refractivity contribution in [1.29, 1.82) is 0 Å². The average Bonchev–Trinajstić information content (AvgIpc) is 2.41. The van der Waals surface area contributed by atoms with E-state index in [9.17, 15) is 9.90 Å². The van der Waals surface area contributed by atoms with Gasteiger partial charge in [0.05, 0.1) is 18.1 Å². The number of hydrogen-bond acceptors (Lipinski definition) is 4. The molecular weight excluding hydrogens is 280 g/mol. The summed E-state index contributed by atoms with van der Waals surface area (Å²) >= 11 is 0. The number of carbonyl (C=O) groups is 1. The molecule has 0 aromatic rings. The Morgan fingerprint density at radius 3 is 2.41 bits per heavy atom. The van der Waals surface area contributed by atoms with Gasteiger partial charge in [0.1, 0.15) is 12.7 Å². The van der Waals surface area contributed by atoms with Gasteiger partial charge in [0.25, 0.3) is 0 Å². The normalized spacial score (nSPS) is 27.7. The number of aliphatic hydroxyl groups is 1. The number of aliphatic hydroxyl groups excluding tert-OH is 1. The van der Waals surface area contributed by atoms with Gasteiger partial charge in [0.15, 0.2) is 0 Å². The first kappa shape index (κ1) is 19.4. The molecule has 0 spiro atoms. The van der Waals surface area contributed by atoms with Crippen molar-refractivity contribution in [1.82, 2.24) is 0 Å². The maximum Gasteiger partial charge on any atom is 0.311 e. The molecule has 0 heterocycles. The molecule has 0 aromatic heterocycles. The van der Waals surface area contributed by atoms with Crippen LogP contribution < -0.4 is 0 Å². The number of rotatable bonds is 6. The summed E-state index contributed by atoms with van der Waals surface area (Å²) in [6.45, 7) is 12.4. The van der Waals surface area contributed by atoms with E-state index in [0.29, 0.717) is 17.8 Å². The maximum atomic E-state index is 11.7. The smallest absolute Gasteiger partial charge is 0.311 e. The Morgan fingerprint density at radius 1 is 1.23 bits per heavy atom. The van der Waals surface area contributed by atoms with E-state index in [1.165, 1.54) is 12.8 Å². The fourth-order valence-corrected chi connectivity index (χ4v) is 2.98. The second-order valence-electron chi connectivity index (χ2n) is 8.20. The molecule has 1 saturated carbocycles. The van der Waals surface area contributed by atoms with Crippen molar-refractivity contribution in [2.45, 2.75) is 73.0 Å². The molecule has 4 unspecified atom stereocenters. The molecular formula is C18H34O4. The summed E-state index contributed by atoms with van der Waals surface area (Å²) in [7, 11) is 0. The minimum atomic E-state index is -0.753. The highest BCUT2D eigenvalue weighted by Gasteiger charge is 2.32. The summed E-state index contributed by atoms with van der Waals surface area (Å²) < 4.78 is 11.1. The van der Waals surface area contributed by atoms with Gasteiger partial charge in [-0.15, -0.1) is 0 Å². The van der Waals surface area contributed by atoms with Gasteiger partial charge >= 0.3 is 5.97 Å². The first-order valence-electron chi connectivity index (χ1n) is 8.58. The van der Waals surface area contributed by atoms with E-state index in [1.807, 2.05) is 0 Å². The van der Waals surface area contributed by atoms with Crippen LogP contribution in [-0.2, 0) is 14.3 Å². The lowest BCUT2D eigenvalue weighted by atomic mass is 9.75. The van der Waals surface area contributed by atoms with Gasteiger partial charge in [-0.25, -0.2) is 0 Å². The van der Waals surface area contributed by atoms with Crippen LogP contribution in [0.15, 0.2) is 0 Å². The molecule has 0 aromatic carbocycles. The van der Waals surface area contributed by atoms with Crippen molar-refractivity contribution in [3.63, 3.8) is 0 Å². The Hall–Kier alpha value is -0.610. The van der Waals surface area contributed by atoms with Crippen molar-refractivity contribution < 1.29 is 19.4 Å². The number of hydrogen-bond donors (Lipinski definition) is 1. The van der Waals surface area contributed by atoms with Gasteiger partial charge in [-0.1, -0.05) is 27.2 Å². The predicted octanol–water partition coefficient (Wildman–Crippen LogP) is 3.41. The van der Waals surface area contributed by atoms with Crippen LogP contribution in [0.25, 0.3) is 0 Å². The Bertz CT molecular complexity index is 345. The van der Waals surface area contributed by atoms with Crippen LogP contribution in [0.3, 0.4) is 0 Å². The quantitative estimate of drug-likeness (QED) is 0.763. The third-order valence-electron chi connectivity index (χ3n) is 4.48. The van der Waals surface area contributed by atoms with Crippen molar-refractivity contribution in [2.24, 2.45) is 23.2 Å². The molecule has 1 rings (SSSR count). The van der Waals surface area contributed by atoms with E-state index in [0.717, 1.165) is 6.42 Å². The van der Waals surface area contributed by atoms with Crippen molar-refractivity contribution in [3.8, 4) is 0 Å². The summed E-state index contributed by atoms with van der Waals surface area (Å²) in [5.41, 5.74) is -0.540. The Balaban J connectivity index is 2.38. The average molecular weight is 314 g/mol. The molecule has 0 bridgehead atoms. The number of esters is 1. The molecule has 1 aliphatic carbocycles. The van der Waals surface area contributed by atoms with Crippen molar-refractivity contribution in [2.75, 3.05) is 13.2 Å². The molecule has 1 N–H and O–H groups in total. The van der Waals surface area contributed by atoms with E-state index in [4.69, 9.17) is 9.47 Å². The Labute approximate surface area is 135 Å². The highest BCUT2D eigenvalue weighted by Crippen LogP contribution is 2.35. The minimum absolute atomic E-state index is 0.00468. The van der Waals surface area contributed by atoms with E-state index in [2.05, 4.69) is 20.8 Å². The second kappa shape index (κ2) is 8.30. The fourth-order valence-electron chi connectivity index (χ4n) is 2.98. The van der Waals surface area contributed by atoms with Gasteiger partial charge in [0.2, 0.25) is 0 Å². The number of ether oxygens (including phenoxy) is 2. The first-order valence-corrected chi connectivity index (χ1v) is 8.58. The van der Waals surface area contributed by atoms with Gasteiger partial charge < -0.3 is 14.6 Å². The molecule has 4 atom stereocenters. The van der Waals surface area contributed by atoms with E-state index in [1.54, 1.807) is 20.8 Å². The predicted molar refractivity (Wildman–Crippen MR) is 87.5 cm³/mol. The standard InChI is InChI=1S/C18H34O4/c1-12(2)15-8-7-13(3)9-16(15)21-10-14(19)11-22-17(20)18(4,5)6/h12-16,19H,7-11H2,1-6H3. The lowest BCUT2D eigenvalue weighted by Crippen LogP contribution is -2.37. The lowest BCUT2D eigenvalue weighted by Gasteiger charge is -2.37. The highest BCUT2D eigenvalue weighted by molar-refractivity contribution is 5.75. The molecule has 4 nitrogen and oxygen atoms in total. The van der Waals surface area contributed by atoms with Crippen LogP contribution in [-0.4, -0.2) is 36.5 Å². The summed E-state index contributed by atoms with van der Waals surface area (Å²) in [6.07, 6.45) is 2.96. The monoisotopic (exact) mass is 314 g/mol.